The fourth-order valence-electron chi connectivity index (χ4n) is 1.72. The molecule has 2 heteroatoms. The number of alkyl halides is 2. The fraction of sp³-hybridized carbons (Fsp3) is 0.500. The lowest BCUT2D eigenvalue weighted by molar-refractivity contribution is 0.149. The molecule has 0 nitrogen and oxygen atoms in total. The first kappa shape index (κ1) is 11.2. The Morgan fingerprint density at radius 2 is 1.86 bits per heavy atom. The van der Waals surface area contributed by atoms with E-state index in [9.17, 15) is 8.78 Å². The zero-order valence-electron chi connectivity index (χ0n) is 8.85. The van der Waals surface area contributed by atoms with Crippen LogP contribution in [0.3, 0.4) is 0 Å². The molecule has 0 spiro atoms. The van der Waals surface area contributed by atoms with Gasteiger partial charge in [-0.15, -0.1) is 0 Å². The SMILES string of the molecule is Cc1c(CC(F)F)cccc1C(C)C. The van der Waals surface area contributed by atoms with Crippen LogP contribution < -0.4 is 0 Å². The largest absolute Gasteiger partial charge is 0.242 e. The van der Waals surface area contributed by atoms with Gasteiger partial charge >= 0.3 is 0 Å². The Balaban J connectivity index is 3.01. The lowest BCUT2D eigenvalue weighted by Crippen LogP contribution is -2.02. The van der Waals surface area contributed by atoms with Crippen molar-refractivity contribution in [3.8, 4) is 0 Å². The van der Waals surface area contributed by atoms with Gasteiger partial charge in [-0.1, -0.05) is 32.0 Å². The Hall–Kier alpha value is -0.920. The molecule has 0 unspecified atom stereocenters. The molecule has 0 heterocycles. The predicted octanol–water partition coefficient (Wildman–Crippen LogP) is 3.93. The number of hydrogen-bond donors (Lipinski definition) is 0. The van der Waals surface area contributed by atoms with E-state index in [1.807, 2.05) is 19.1 Å². The molecule has 1 rings (SSSR count). The van der Waals surface area contributed by atoms with Crippen LogP contribution in [0.5, 0.6) is 0 Å². The minimum atomic E-state index is -2.25. The van der Waals surface area contributed by atoms with Gasteiger partial charge in [-0.25, -0.2) is 8.78 Å². The van der Waals surface area contributed by atoms with Gasteiger partial charge in [-0.2, -0.15) is 0 Å². The molecule has 1 aromatic rings. The van der Waals surface area contributed by atoms with E-state index in [4.69, 9.17) is 0 Å². The topological polar surface area (TPSA) is 0 Å². The van der Waals surface area contributed by atoms with Gasteiger partial charge in [-0.05, 0) is 29.5 Å². The Bertz CT molecular complexity index is 303. The molecular formula is C12H16F2. The van der Waals surface area contributed by atoms with Gasteiger partial charge in [0, 0.05) is 6.42 Å². The normalized spacial score (nSPS) is 11.4. The van der Waals surface area contributed by atoms with E-state index >= 15 is 0 Å². The molecule has 0 aliphatic rings. The maximum atomic E-state index is 12.2. The molecule has 0 aromatic heterocycles. The van der Waals surface area contributed by atoms with Crippen LogP contribution >= 0.6 is 0 Å². The number of benzene rings is 1. The molecular weight excluding hydrogens is 182 g/mol. The molecule has 0 amide bonds. The summed E-state index contributed by atoms with van der Waals surface area (Å²) in [6.45, 7) is 6.08. The summed E-state index contributed by atoms with van der Waals surface area (Å²) < 4.78 is 24.5. The zero-order valence-corrected chi connectivity index (χ0v) is 8.85. The van der Waals surface area contributed by atoms with Gasteiger partial charge in [0.25, 0.3) is 0 Å². The summed E-state index contributed by atoms with van der Waals surface area (Å²) in [6, 6.07) is 5.66. The summed E-state index contributed by atoms with van der Waals surface area (Å²) in [5, 5.41) is 0. The predicted molar refractivity (Wildman–Crippen MR) is 55.0 cm³/mol. The highest BCUT2D eigenvalue weighted by Gasteiger charge is 2.10. The first-order valence-corrected chi connectivity index (χ1v) is 4.89. The number of halogens is 2. The Kier molecular flexibility index (Phi) is 3.62. The van der Waals surface area contributed by atoms with Crippen molar-refractivity contribution in [2.75, 3.05) is 0 Å². The van der Waals surface area contributed by atoms with Crippen LogP contribution in [0, 0.1) is 6.92 Å². The molecule has 0 N–H and O–H groups in total. The van der Waals surface area contributed by atoms with Crippen molar-refractivity contribution in [1.29, 1.82) is 0 Å². The van der Waals surface area contributed by atoms with E-state index in [1.54, 1.807) is 6.07 Å². The highest BCUT2D eigenvalue weighted by molar-refractivity contribution is 5.36. The second-order valence-electron chi connectivity index (χ2n) is 3.88. The van der Waals surface area contributed by atoms with Gasteiger partial charge in [0.15, 0.2) is 0 Å². The van der Waals surface area contributed by atoms with E-state index in [1.165, 1.54) is 5.56 Å². The first-order chi connectivity index (χ1) is 6.52. The average molecular weight is 198 g/mol. The van der Waals surface area contributed by atoms with Gasteiger partial charge in [0.2, 0.25) is 6.43 Å². The lowest BCUT2D eigenvalue weighted by atomic mass is 9.93. The third-order valence-corrected chi connectivity index (χ3v) is 2.48. The highest BCUT2D eigenvalue weighted by atomic mass is 19.3. The summed E-state index contributed by atoms with van der Waals surface area (Å²) in [5.41, 5.74) is 2.96. The van der Waals surface area contributed by atoms with E-state index in [0.29, 0.717) is 5.92 Å². The van der Waals surface area contributed by atoms with Crippen molar-refractivity contribution in [3.05, 3.63) is 34.9 Å². The van der Waals surface area contributed by atoms with Crippen molar-refractivity contribution >= 4 is 0 Å². The standard InChI is InChI=1S/C12H16F2/c1-8(2)11-6-4-5-10(9(11)3)7-12(13)14/h4-6,8,12H,7H2,1-3H3. The van der Waals surface area contributed by atoms with Crippen LogP contribution in [-0.4, -0.2) is 6.43 Å². The van der Waals surface area contributed by atoms with Gasteiger partial charge < -0.3 is 0 Å². The molecule has 0 aliphatic carbocycles. The summed E-state index contributed by atoms with van der Waals surface area (Å²) >= 11 is 0. The van der Waals surface area contributed by atoms with Crippen LogP contribution in [0.15, 0.2) is 18.2 Å². The van der Waals surface area contributed by atoms with Crippen molar-refractivity contribution in [2.24, 2.45) is 0 Å². The molecule has 14 heavy (non-hydrogen) atoms. The van der Waals surface area contributed by atoms with Crippen LogP contribution in [0.4, 0.5) is 8.78 Å². The quantitative estimate of drug-likeness (QED) is 0.690. The molecule has 0 aliphatic heterocycles. The average Bonchev–Trinajstić information content (AvgIpc) is 2.07. The third-order valence-electron chi connectivity index (χ3n) is 2.48. The smallest absolute Gasteiger partial charge is 0.210 e. The Morgan fingerprint density at radius 3 is 2.36 bits per heavy atom. The van der Waals surface area contributed by atoms with Crippen LogP contribution in [0.1, 0.15) is 36.5 Å². The number of rotatable bonds is 3. The second kappa shape index (κ2) is 4.54. The molecule has 78 valence electrons. The maximum absolute atomic E-state index is 12.2. The van der Waals surface area contributed by atoms with Gasteiger partial charge in [0.05, 0.1) is 0 Å². The van der Waals surface area contributed by atoms with Crippen molar-refractivity contribution < 1.29 is 8.78 Å². The summed E-state index contributed by atoms with van der Waals surface area (Å²) in [5.74, 6) is 0.396. The first-order valence-electron chi connectivity index (χ1n) is 4.89. The molecule has 0 atom stereocenters. The van der Waals surface area contributed by atoms with Crippen molar-refractivity contribution in [1.82, 2.24) is 0 Å². The molecule has 1 aromatic carbocycles. The minimum Gasteiger partial charge on any atom is -0.210 e. The summed E-state index contributed by atoms with van der Waals surface area (Å²) in [4.78, 5) is 0. The minimum absolute atomic E-state index is 0.133. The van der Waals surface area contributed by atoms with Crippen LogP contribution in [0.25, 0.3) is 0 Å². The van der Waals surface area contributed by atoms with Gasteiger partial charge in [-0.3, -0.25) is 0 Å². The van der Waals surface area contributed by atoms with Crippen molar-refractivity contribution in [3.63, 3.8) is 0 Å². The number of hydrogen-bond acceptors (Lipinski definition) is 0. The maximum Gasteiger partial charge on any atom is 0.242 e. The van der Waals surface area contributed by atoms with Crippen molar-refractivity contribution in [2.45, 2.75) is 39.5 Å². The summed E-state index contributed by atoms with van der Waals surface area (Å²) in [6.07, 6.45) is -2.39. The molecule has 0 bridgehead atoms. The van der Waals surface area contributed by atoms with Gasteiger partial charge in [0.1, 0.15) is 0 Å². The molecule has 0 saturated heterocycles. The zero-order chi connectivity index (χ0) is 10.7. The monoisotopic (exact) mass is 198 g/mol. The van der Waals surface area contributed by atoms with E-state index in [2.05, 4.69) is 13.8 Å². The lowest BCUT2D eigenvalue weighted by Gasteiger charge is -2.13. The summed E-state index contributed by atoms with van der Waals surface area (Å²) in [7, 11) is 0. The second-order valence-corrected chi connectivity index (χ2v) is 3.88. The molecule has 0 saturated carbocycles. The molecule has 0 radical (unpaired) electrons. The van der Waals surface area contributed by atoms with E-state index in [0.717, 1.165) is 11.1 Å². The van der Waals surface area contributed by atoms with E-state index in [-0.39, 0.29) is 6.42 Å². The Morgan fingerprint density at radius 1 is 1.21 bits per heavy atom. The third kappa shape index (κ3) is 2.53. The molecule has 0 fully saturated rings. The fourth-order valence-corrected chi connectivity index (χ4v) is 1.72. The van der Waals surface area contributed by atoms with E-state index < -0.39 is 6.43 Å². The Labute approximate surface area is 84.0 Å². The highest BCUT2D eigenvalue weighted by Crippen LogP contribution is 2.23. The van der Waals surface area contributed by atoms with Crippen LogP contribution in [0.2, 0.25) is 0 Å². The van der Waals surface area contributed by atoms with Crippen LogP contribution in [-0.2, 0) is 6.42 Å².